The van der Waals surface area contributed by atoms with Gasteiger partial charge in [-0.1, -0.05) is 30.3 Å². The SMILES string of the molecule is Cc1c(CC(=O)N2CCC(Cc3ccccc3)CC2)c(=O)oc2c(O)c(O)ccc12. The predicted molar refractivity (Wildman–Crippen MR) is 114 cm³/mol. The molecule has 0 radical (unpaired) electrons. The number of carbonyl (C=O) groups excluding carboxylic acids is 1. The number of phenolic OH excluding ortho intramolecular Hbond substituents is 2. The number of likely N-dealkylation sites (tertiary alicyclic amines) is 1. The second-order valence-electron chi connectivity index (χ2n) is 7.99. The van der Waals surface area contributed by atoms with Crippen LogP contribution in [0.1, 0.15) is 29.5 Å². The number of amides is 1. The van der Waals surface area contributed by atoms with Crippen LogP contribution in [0.15, 0.2) is 51.7 Å². The molecule has 0 unspecified atom stereocenters. The van der Waals surface area contributed by atoms with Crippen LogP contribution >= 0.6 is 0 Å². The topological polar surface area (TPSA) is 91.0 Å². The van der Waals surface area contributed by atoms with E-state index in [2.05, 4.69) is 12.1 Å². The van der Waals surface area contributed by atoms with Gasteiger partial charge in [-0.05, 0) is 55.4 Å². The molecule has 156 valence electrons. The highest BCUT2D eigenvalue weighted by atomic mass is 16.4. The number of fused-ring (bicyclic) bond motifs is 1. The highest BCUT2D eigenvalue weighted by Crippen LogP contribution is 2.34. The van der Waals surface area contributed by atoms with Crippen LogP contribution in [0.25, 0.3) is 11.0 Å². The lowest BCUT2D eigenvalue weighted by atomic mass is 9.90. The minimum atomic E-state index is -0.659. The average molecular weight is 407 g/mol. The predicted octanol–water partition coefficient (Wildman–Crippen LogP) is 3.54. The van der Waals surface area contributed by atoms with Gasteiger partial charge in [-0.2, -0.15) is 0 Å². The number of aromatic hydroxyl groups is 2. The highest BCUT2D eigenvalue weighted by Gasteiger charge is 2.25. The molecule has 0 spiro atoms. The van der Waals surface area contributed by atoms with Crippen LogP contribution in [0.5, 0.6) is 11.5 Å². The van der Waals surface area contributed by atoms with Crippen LogP contribution in [0, 0.1) is 12.8 Å². The zero-order valence-corrected chi connectivity index (χ0v) is 16.9. The van der Waals surface area contributed by atoms with Gasteiger partial charge in [-0.3, -0.25) is 4.79 Å². The van der Waals surface area contributed by atoms with E-state index in [1.807, 2.05) is 23.1 Å². The molecular weight excluding hydrogens is 382 g/mol. The van der Waals surface area contributed by atoms with E-state index in [9.17, 15) is 19.8 Å². The second-order valence-corrected chi connectivity index (χ2v) is 7.99. The third-order valence-corrected chi connectivity index (χ3v) is 6.07. The summed E-state index contributed by atoms with van der Waals surface area (Å²) in [6.07, 6.45) is 2.87. The van der Waals surface area contributed by atoms with Crippen molar-refractivity contribution in [2.75, 3.05) is 13.1 Å². The quantitative estimate of drug-likeness (QED) is 0.510. The second kappa shape index (κ2) is 8.22. The Hall–Kier alpha value is -3.28. The smallest absolute Gasteiger partial charge is 0.340 e. The lowest BCUT2D eigenvalue weighted by Crippen LogP contribution is -2.40. The Morgan fingerprint density at radius 1 is 1.10 bits per heavy atom. The Labute approximate surface area is 174 Å². The molecule has 1 aliphatic heterocycles. The number of carbonyl (C=O) groups is 1. The lowest BCUT2D eigenvalue weighted by molar-refractivity contribution is -0.131. The van der Waals surface area contributed by atoms with Gasteiger partial charge >= 0.3 is 5.63 Å². The van der Waals surface area contributed by atoms with Gasteiger partial charge < -0.3 is 19.5 Å². The van der Waals surface area contributed by atoms with Crippen molar-refractivity contribution in [2.45, 2.75) is 32.6 Å². The summed E-state index contributed by atoms with van der Waals surface area (Å²) in [7, 11) is 0. The first-order chi connectivity index (χ1) is 14.4. The standard InChI is InChI=1S/C24H25NO5/c1-15-18-7-8-20(26)22(28)23(18)30-24(29)19(15)14-21(27)25-11-9-17(10-12-25)13-16-5-3-2-4-6-16/h2-8,17,26,28H,9-14H2,1H3. The van der Waals surface area contributed by atoms with Crippen molar-refractivity contribution in [3.05, 3.63) is 69.6 Å². The third-order valence-electron chi connectivity index (χ3n) is 6.07. The molecule has 2 heterocycles. The third kappa shape index (κ3) is 3.90. The fourth-order valence-corrected chi connectivity index (χ4v) is 4.23. The molecule has 6 heteroatoms. The van der Waals surface area contributed by atoms with Gasteiger partial charge in [-0.15, -0.1) is 0 Å². The van der Waals surface area contributed by atoms with Crippen molar-refractivity contribution in [2.24, 2.45) is 5.92 Å². The zero-order valence-electron chi connectivity index (χ0n) is 16.9. The average Bonchev–Trinajstić information content (AvgIpc) is 2.75. The number of nitrogens with zero attached hydrogens (tertiary/aromatic N) is 1. The minimum absolute atomic E-state index is 0.0326. The Bertz CT molecular complexity index is 1130. The zero-order chi connectivity index (χ0) is 21.3. The van der Waals surface area contributed by atoms with E-state index < -0.39 is 11.4 Å². The lowest BCUT2D eigenvalue weighted by Gasteiger charge is -2.32. The molecule has 0 saturated carbocycles. The molecule has 0 atom stereocenters. The Morgan fingerprint density at radius 3 is 2.50 bits per heavy atom. The van der Waals surface area contributed by atoms with Gasteiger partial charge in [0.2, 0.25) is 11.7 Å². The summed E-state index contributed by atoms with van der Waals surface area (Å²) in [5.41, 5.74) is 1.48. The van der Waals surface area contributed by atoms with Gasteiger partial charge in [-0.25, -0.2) is 4.79 Å². The van der Waals surface area contributed by atoms with E-state index in [1.165, 1.54) is 11.6 Å². The molecule has 2 N–H and O–H groups in total. The van der Waals surface area contributed by atoms with E-state index in [0.29, 0.717) is 35.5 Å². The molecule has 0 aliphatic carbocycles. The molecule has 1 aromatic heterocycles. The van der Waals surface area contributed by atoms with Gasteiger partial charge in [0.1, 0.15) is 0 Å². The largest absolute Gasteiger partial charge is 0.504 e. The number of hydrogen-bond acceptors (Lipinski definition) is 5. The van der Waals surface area contributed by atoms with Crippen LogP contribution in [-0.4, -0.2) is 34.1 Å². The summed E-state index contributed by atoms with van der Waals surface area (Å²) in [5.74, 6) is -0.358. The van der Waals surface area contributed by atoms with E-state index >= 15 is 0 Å². The minimum Gasteiger partial charge on any atom is -0.504 e. The van der Waals surface area contributed by atoms with Crippen LogP contribution in [-0.2, 0) is 17.6 Å². The summed E-state index contributed by atoms with van der Waals surface area (Å²) in [4.78, 5) is 27.1. The van der Waals surface area contributed by atoms with E-state index in [1.54, 1.807) is 13.0 Å². The van der Waals surface area contributed by atoms with Crippen LogP contribution < -0.4 is 5.63 Å². The number of benzene rings is 2. The Kier molecular flexibility index (Phi) is 5.48. The molecule has 1 aliphatic rings. The summed E-state index contributed by atoms with van der Waals surface area (Å²) >= 11 is 0. The molecule has 3 aromatic rings. The molecular formula is C24H25NO5. The van der Waals surface area contributed by atoms with Crippen molar-refractivity contribution < 1.29 is 19.4 Å². The molecule has 4 rings (SSSR count). The van der Waals surface area contributed by atoms with Crippen molar-refractivity contribution in [3.63, 3.8) is 0 Å². The maximum absolute atomic E-state index is 12.9. The summed E-state index contributed by atoms with van der Waals surface area (Å²) < 4.78 is 5.22. The molecule has 30 heavy (non-hydrogen) atoms. The number of aryl methyl sites for hydroxylation is 1. The summed E-state index contributed by atoms with van der Waals surface area (Å²) in [6, 6.07) is 13.3. The van der Waals surface area contributed by atoms with E-state index in [4.69, 9.17) is 4.42 Å². The van der Waals surface area contributed by atoms with Crippen LogP contribution in [0.2, 0.25) is 0 Å². The highest BCUT2D eigenvalue weighted by molar-refractivity contribution is 5.89. The first-order valence-electron chi connectivity index (χ1n) is 10.2. The molecule has 6 nitrogen and oxygen atoms in total. The maximum atomic E-state index is 12.9. The summed E-state index contributed by atoms with van der Waals surface area (Å²) in [6.45, 7) is 3.09. The van der Waals surface area contributed by atoms with Crippen LogP contribution in [0.4, 0.5) is 0 Å². The van der Waals surface area contributed by atoms with E-state index in [0.717, 1.165) is 19.3 Å². The van der Waals surface area contributed by atoms with Crippen molar-refractivity contribution >= 4 is 16.9 Å². The Morgan fingerprint density at radius 2 is 1.80 bits per heavy atom. The number of rotatable bonds is 4. The normalized spacial score (nSPS) is 14.9. The fraction of sp³-hybridized carbons (Fsp3) is 0.333. The van der Waals surface area contributed by atoms with Gasteiger partial charge in [0.25, 0.3) is 0 Å². The Balaban J connectivity index is 1.45. The molecule has 1 amide bonds. The van der Waals surface area contributed by atoms with Gasteiger partial charge in [0.15, 0.2) is 11.3 Å². The van der Waals surface area contributed by atoms with Crippen molar-refractivity contribution in [3.8, 4) is 11.5 Å². The van der Waals surface area contributed by atoms with Gasteiger partial charge in [0, 0.05) is 18.5 Å². The monoisotopic (exact) mass is 407 g/mol. The maximum Gasteiger partial charge on any atom is 0.340 e. The fourth-order valence-electron chi connectivity index (χ4n) is 4.23. The first kappa shape index (κ1) is 20.0. The van der Waals surface area contributed by atoms with Crippen molar-refractivity contribution in [1.82, 2.24) is 4.90 Å². The number of phenols is 2. The van der Waals surface area contributed by atoms with Crippen LogP contribution in [0.3, 0.4) is 0 Å². The molecule has 1 saturated heterocycles. The first-order valence-corrected chi connectivity index (χ1v) is 10.2. The van der Waals surface area contributed by atoms with Crippen molar-refractivity contribution in [1.29, 1.82) is 0 Å². The van der Waals surface area contributed by atoms with E-state index in [-0.39, 0.29) is 23.7 Å². The molecule has 2 aromatic carbocycles. The number of hydrogen-bond donors (Lipinski definition) is 2. The summed E-state index contributed by atoms with van der Waals surface area (Å²) in [5, 5.41) is 20.1. The molecule has 0 bridgehead atoms. The number of piperidine rings is 1. The molecule has 1 fully saturated rings. The van der Waals surface area contributed by atoms with Gasteiger partial charge in [0.05, 0.1) is 12.0 Å².